The molecule has 0 unspecified atom stereocenters. The van der Waals surface area contributed by atoms with Gasteiger partial charge in [-0.15, -0.1) is 0 Å². The first-order chi connectivity index (χ1) is 15.1. The summed E-state index contributed by atoms with van der Waals surface area (Å²) in [7, 11) is 0. The monoisotopic (exact) mass is 430 g/mol. The molecule has 0 spiro atoms. The second-order valence-corrected chi connectivity index (χ2v) is 9.21. The molecule has 0 amide bonds. The predicted octanol–water partition coefficient (Wildman–Crippen LogP) is 6.18. The molecule has 1 aromatic carbocycles. The number of aryl methyl sites for hydroxylation is 1. The van der Waals surface area contributed by atoms with E-state index >= 15 is 0 Å². The first-order valence-corrected chi connectivity index (χ1v) is 11.8. The lowest BCUT2D eigenvalue weighted by Crippen LogP contribution is -2.29. The van der Waals surface area contributed by atoms with E-state index in [0.717, 1.165) is 16.5 Å². The molecular weight excluding hydrogens is 400 g/mol. The number of para-hydroxylation sites is 1. The number of benzene rings is 1. The molecule has 2 aromatic heterocycles. The first kappa shape index (κ1) is 20.3. The molecule has 31 heavy (non-hydrogen) atoms. The Labute approximate surface area is 190 Å². The molecule has 5 rings (SSSR count). The molecule has 3 heterocycles. The molecule has 2 fully saturated rings. The van der Waals surface area contributed by atoms with Crippen molar-refractivity contribution in [2.24, 2.45) is 0 Å². The van der Waals surface area contributed by atoms with E-state index in [1.165, 1.54) is 49.1 Å². The molecular formula is C26H30N4S. The summed E-state index contributed by atoms with van der Waals surface area (Å²) in [5, 5.41) is 4.35. The fourth-order valence-electron chi connectivity index (χ4n) is 5.54. The van der Waals surface area contributed by atoms with Crippen LogP contribution in [0.5, 0.6) is 0 Å². The third-order valence-electron chi connectivity index (χ3n) is 6.91. The van der Waals surface area contributed by atoms with Gasteiger partial charge in [-0.25, -0.2) is 0 Å². The van der Waals surface area contributed by atoms with E-state index in [1.807, 2.05) is 12.3 Å². The van der Waals surface area contributed by atoms with Gasteiger partial charge in [0, 0.05) is 29.3 Å². The molecule has 1 saturated heterocycles. The van der Waals surface area contributed by atoms with Gasteiger partial charge in [-0.2, -0.15) is 0 Å². The zero-order valence-corrected chi connectivity index (χ0v) is 19.1. The van der Waals surface area contributed by atoms with Crippen molar-refractivity contribution in [2.75, 3.05) is 4.90 Å². The Morgan fingerprint density at radius 3 is 2.42 bits per heavy atom. The average molecular weight is 431 g/mol. The van der Waals surface area contributed by atoms with E-state index in [9.17, 15) is 0 Å². The molecule has 0 radical (unpaired) electrons. The van der Waals surface area contributed by atoms with Crippen molar-refractivity contribution < 1.29 is 0 Å². The number of thiocarbonyl (C=S) groups is 1. The van der Waals surface area contributed by atoms with Crippen molar-refractivity contribution in [3.05, 3.63) is 83.4 Å². The Morgan fingerprint density at radius 2 is 1.71 bits per heavy atom. The maximum absolute atomic E-state index is 5.86. The Kier molecular flexibility index (Phi) is 5.53. The van der Waals surface area contributed by atoms with E-state index in [4.69, 9.17) is 17.2 Å². The van der Waals surface area contributed by atoms with Gasteiger partial charge in [-0.3, -0.25) is 4.98 Å². The van der Waals surface area contributed by atoms with Crippen LogP contribution in [0.2, 0.25) is 0 Å². The van der Waals surface area contributed by atoms with Gasteiger partial charge in [0.2, 0.25) is 0 Å². The number of nitrogens with zero attached hydrogens (tertiary/aromatic N) is 3. The van der Waals surface area contributed by atoms with Crippen molar-refractivity contribution in [3.8, 4) is 0 Å². The fourth-order valence-corrected chi connectivity index (χ4v) is 5.89. The maximum atomic E-state index is 5.86. The molecule has 160 valence electrons. The van der Waals surface area contributed by atoms with Crippen LogP contribution in [-0.4, -0.2) is 14.7 Å². The molecule has 1 aliphatic carbocycles. The van der Waals surface area contributed by atoms with Crippen molar-refractivity contribution in [1.82, 2.24) is 14.9 Å². The van der Waals surface area contributed by atoms with Crippen molar-refractivity contribution >= 4 is 23.0 Å². The smallest absolute Gasteiger partial charge is 0.174 e. The lowest BCUT2D eigenvalue weighted by atomic mass is 9.94. The van der Waals surface area contributed by atoms with Crippen LogP contribution in [0.1, 0.15) is 72.9 Å². The molecule has 1 saturated carbocycles. The standard InChI is InChI=1S/C26H30N4S/c1-18-17-22(19(2)29(18)20-11-5-3-6-12-20)25-24(23-15-9-10-16-27-23)28-26(31)30(25)21-13-7-4-8-14-21/h4,7-10,13-17,20,24-25H,3,5-6,11-12H2,1-2H3,(H,28,31)/t24-,25+/m1/s1. The van der Waals surface area contributed by atoms with Gasteiger partial charge >= 0.3 is 0 Å². The molecule has 1 aliphatic heterocycles. The zero-order chi connectivity index (χ0) is 21.4. The third-order valence-corrected chi connectivity index (χ3v) is 7.23. The molecule has 0 bridgehead atoms. The summed E-state index contributed by atoms with van der Waals surface area (Å²) in [5.41, 5.74) is 6.20. The van der Waals surface area contributed by atoms with E-state index in [0.29, 0.717) is 6.04 Å². The molecule has 2 aliphatic rings. The van der Waals surface area contributed by atoms with Crippen molar-refractivity contribution in [2.45, 2.75) is 64.1 Å². The Balaban J connectivity index is 1.63. The van der Waals surface area contributed by atoms with Gasteiger partial charge in [-0.05, 0) is 74.8 Å². The average Bonchev–Trinajstić information content (AvgIpc) is 3.30. The third kappa shape index (κ3) is 3.65. The number of rotatable bonds is 4. The number of aromatic nitrogens is 2. The van der Waals surface area contributed by atoms with Crippen molar-refractivity contribution in [1.29, 1.82) is 0 Å². The summed E-state index contributed by atoms with van der Waals surface area (Å²) in [4.78, 5) is 6.97. The van der Waals surface area contributed by atoms with Crippen LogP contribution in [0.25, 0.3) is 0 Å². The minimum atomic E-state index is 0.00853. The van der Waals surface area contributed by atoms with Gasteiger partial charge in [0.05, 0.1) is 17.8 Å². The molecule has 1 N–H and O–H groups in total. The van der Waals surface area contributed by atoms with E-state index < -0.39 is 0 Å². The number of nitrogens with one attached hydrogen (secondary N) is 1. The van der Waals surface area contributed by atoms with Gasteiger partial charge in [-0.1, -0.05) is 43.5 Å². The second-order valence-electron chi connectivity index (χ2n) is 8.82. The lowest BCUT2D eigenvalue weighted by molar-refractivity contribution is 0.345. The number of hydrogen-bond donors (Lipinski definition) is 1. The van der Waals surface area contributed by atoms with Crippen LogP contribution < -0.4 is 10.2 Å². The van der Waals surface area contributed by atoms with Crippen LogP contribution >= 0.6 is 12.2 Å². The highest BCUT2D eigenvalue weighted by atomic mass is 32.1. The maximum Gasteiger partial charge on any atom is 0.174 e. The minimum Gasteiger partial charge on any atom is -0.351 e. The second kappa shape index (κ2) is 8.46. The summed E-state index contributed by atoms with van der Waals surface area (Å²) >= 11 is 5.86. The largest absolute Gasteiger partial charge is 0.351 e. The summed E-state index contributed by atoms with van der Waals surface area (Å²) < 4.78 is 2.59. The number of anilines is 1. The van der Waals surface area contributed by atoms with E-state index in [1.54, 1.807) is 0 Å². The molecule has 4 nitrogen and oxygen atoms in total. The van der Waals surface area contributed by atoms with Crippen LogP contribution in [0.4, 0.5) is 5.69 Å². The Hall–Kier alpha value is -2.66. The van der Waals surface area contributed by atoms with Gasteiger partial charge in [0.1, 0.15) is 0 Å². The highest BCUT2D eigenvalue weighted by molar-refractivity contribution is 7.80. The minimum absolute atomic E-state index is 0.00853. The number of pyridine rings is 1. The molecule has 2 atom stereocenters. The summed E-state index contributed by atoms with van der Waals surface area (Å²) in [5.74, 6) is 0. The van der Waals surface area contributed by atoms with Crippen molar-refractivity contribution in [3.63, 3.8) is 0 Å². The van der Waals surface area contributed by atoms with Gasteiger partial charge in [0.15, 0.2) is 5.11 Å². The molecule has 5 heteroatoms. The highest BCUT2D eigenvalue weighted by Crippen LogP contribution is 2.44. The van der Waals surface area contributed by atoms with Crippen LogP contribution in [0.15, 0.2) is 60.8 Å². The molecule has 3 aromatic rings. The van der Waals surface area contributed by atoms with E-state index in [2.05, 4.69) is 77.2 Å². The van der Waals surface area contributed by atoms with E-state index in [-0.39, 0.29) is 12.1 Å². The SMILES string of the molecule is Cc1cc([C@H]2[C@@H](c3ccccn3)NC(=S)N2c2ccccc2)c(C)n1C1CCCCC1. The summed E-state index contributed by atoms with van der Waals surface area (Å²) in [6.45, 7) is 4.55. The topological polar surface area (TPSA) is 33.1 Å². The van der Waals surface area contributed by atoms with Crippen LogP contribution in [-0.2, 0) is 0 Å². The van der Waals surface area contributed by atoms with Gasteiger partial charge < -0.3 is 14.8 Å². The highest BCUT2D eigenvalue weighted by Gasteiger charge is 2.42. The lowest BCUT2D eigenvalue weighted by Gasteiger charge is -2.29. The first-order valence-electron chi connectivity index (χ1n) is 11.4. The Morgan fingerprint density at radius 1 is 0.968 bits per heavy atom. The van der Waals surface area contributed by atoms with Crippen LogP contribution in [0, 0.1) is 13.8 Å². The Bertz CT molecular complexity index is 1050. The fraction of sp³-hybridized carbons (Fsp3) is 0.385. The van der Waals surface area contributed by atoms with Gasteiger partial charge in [0.25, 0.3) is 0 Å². The predicted molar refractivity (Wildman–Crippen MR) is 130 cm³/mol. The van der Waals surface area contributed by atoms with Crippen LogP contribution in [0.3, 0.4) is 0 Å². The zero-order valence-electron chi connectivity index (χ0n) is 18.3. The summed E-state index contributed by atoms with van der Waals surface area (Å²) in [6.07, 6.45) is 8.46. The summed E-state index contributed by atoms with van der Waals surface area (Å²) in [6, 6.07) is 19.7. The number of hydrogen-bond acceptors (Lipinski definition) is 2. The normalized spacial score (nSPS) is 22.0. The quantitative estimate of drug-likeness (QED) is 0.501.